The second-order valence-corrected chi connectivity index (χ2v) is 3.06. The molecule has 1 heterocycles. The van der Waals surface area contributed by atoms with Gasteiger partial charge in [-0.15, -0.1) is 0 Å². The van der Waals surface area contributed by atoms with E-state index in [9.17, 15) is 4.79 Å². The van der Waals surface area contributed by atoms with Gasteiger partial charge in [-0.25, -0.2) is 0 Å². The molecule has 0 saturated heterocycles. The molecule has 0 aromatic rings. The number of hydrogen-bond acceptors (Lipinski definition) is 1. The fourth-order valence-corrected chi connectivity index (χ4v) is 1.51. The molecule has 62 valence electrons. The summed E-state index contributed by atoms with van der Waals surface area (Å²) in [6.07, 6.45) is 10.6. The molecule has 0 atom stereocenters. The maximum absolute atomic E-state index is 11.0. The van der Waals surface area contributed by atoms with Gasteiger partial charge in [-0.3, -0.25) is 4.79 Å². The third-order valence-electron chi connectivity index (χ3n) is 2.18. The average molecular weight is 161 g/mol. The van der Waals surface area contributed by atoms with Crippen LogP contribution in [-0.4, -0.2) is 5.91 Å². The van der Waals surface area contributed by atoms with Crippen LogP contribution >= 0.6 is 0 Å². The maximum atomic E-state index is 11.0. The highest BCUT2D eigenvalue weighted by atomic mass is 16.1. The Bertz CT molecular complexity index is 297. The molecule has 0 fully saturated rings. The van der Waals surface area contributed by atoms with Gasteiger partial charge in [0.15, 0.2) is 0 Å². The fraction of sp³-hybridized carbons (Fsp3) is 0.300. The second-order valence-electron chi connectivity index (χ2n) is 3.06. The minimum atomic E-state index is 0.139. The average Bonchev–Trinajstić information content (AvgIpc) is 2.28. The SMILES string of the molecule is O=C1CCC2=C(C=CC=CC2)N1. The van der Waals surface area contributed by atoms with E-state index in [1.165, 1.54) is 5.57 Å². The number of hydrogen-bond donors (Lipinski definition) is 1. The summed E-state index contributed by atoms with van der Waals surface area (Å²) in [5.74, 6) is 0.139. The summed E-state index contributed by atoms with van der Waals surface area (Å²) >= 11 is 0. The van der Waals surface area contributed by atoms with Gasteiger partial charge in [-0.05, 0) is 24.5 Å². The zero-order valence-corrected chi connectivity index (χ0v) is 6.84. The largest absolute Gasteiger partial charge is 0.326 e. The zero-order valence-electron chi connectivity index (χ0n) is 6.84. The molecule has 12 heavy (non-hydrogen) atoms. The molecule has 1 N–H and O–H groups in total. The maximum Gasteiger partial charge on any atom is 0.224 e. The van der Waals surface area contributed by atoms with Crippen molar-refractivity contribution in [3.63, 3.8) is 0 Å². The topological polar surface area (TPSA) is 29.1 Å². The van der Waals surface area contributed by atoms with Gasteiger partial charge < -0.3 is 5.32 Å². The molecule has 0 aromatic heterocycles. The monoisotopic (exact) mass is 161 g/mol. The van der Waals surface area contributed by atoms with Crippen molar-refractivity contribution < 1.29 is 4.79 Å². The van der Waals surface area contributed by atoms with Crippen molar-refractivity contribution in [3.05, 3.63) is 35.6 Å². The van der Waals surface area contributed by atoms with E-state index in [-0.39, 0.29) is 5.91 Å². The highest BCUT2D eigenvalue weighted by Crippen LogP contribution is 2.21. The minimum absolute atomic E-state index is 0.139. The van der Waals surface area contributed by atoms with Crippen LogP contribution in [0.4, 0.5) is 0 Å². The number of carbonyl (C=O) groups excluding carboxylic acids is 1. The fourth-order valence-electron chi connectivity index (χ4n) is 1.51. The molecule has 0 unspecified atom stereocenters. The summed E-state index contributed by atoms with van der Waals surface area (Å²) in [5, 5.41) is 2.87. The number of allylic oxidation sites excluding steroid dienone is 5. The first-order chi connectivity index (χ1) is 5.86. The number of rotatable bonds is 0. The van der Waals surface area contributed by atoms with Gasteiger partial charge in [0.2, 0.25) is 5.91 Å². The lowest BCUT2D eigenvalue weighted by molar-refractivity contribution is -0.120. The highest BCUT2D eigenvalue weighted by Gasteiger charge is 2.15. The molecular formula is C10H11NO. The van der Waals surface area contributed by atoms with Gasteiger partial charge in [0, 0.05) is 12.1 Å². The van der Waals surface area contributed by atoms with Gasteiger partial charge in [0.1, 0.15) is 0 Å². The Morgan fingerprint density at radius 1 is 1.25 bits per heavy atom. The van der Waals surface area contributed by atoms with Gasteiger partial charge >= 0.3 is 0 Å². The smallest absolute Gasteiger partial charge is 0.224 e. The number of carbonyl (C=O) groups is 1. The predicted octanol–water partition coefficient (Wildman–Crippen LogP) is 1.67. The van der Waals surface area contributed by atoms with Crippen LogP contribution in [0.1, 0.15) is 19.3 Å². The van der Waals surface area contributed by atoms with E-state index in [4.69, 9.17) is 0 Å². The molecule has 2 nitrogen and oxygen atoms in total. The molecule has 1 amide bonds. The van der Waals surface area contributed by atoms with Crippen molar-refractivity contribution in [1.82, 2.24) is 5.32 Å². The van der Waals surface area contributed by atoms with E-state index in [1.807, 2.05) is 18.2 Å². The summed E-state index contributed by atoms with van der Waals surface area (Å²) < 4.78 is 0. The van der Waals surface area contributed by atoms with Crippen molar-refractivity contribution >= 4 is 5.91 Å². The highest BCUT2D eigenvalue weighted by molar-refractivity contribution is 5.80. The standard InChI is InChI=1S/C10H11NO/c12-10-7-6-8-4-2-1-3-5-9(8)11-10/h1-3,5H,4,6-7H2,(H,11,12). The number of amides is 1. The molecule has 2 rings (SSSR count). The summed E-state index contributed by atoms with van der Waals surface area (Å²) in [7, 11) is 0. The Morgan fingerprint density at radius 3 is 3.08 bits per heavy atom. The van der Waals surface area contributed by atoms with Crippen molar-refractivity contribution in [2.24, 2.45) is 0 Å². The van der Waals surface area contributed by atoms with Gasteiger partial charge in [-0.2, -0.15) is 0 Å². The van der Waals surface area contributed by atoms with E-state index >= 15 is 0 Å². The molecule has 0 aromatic carbocycles. The molecule has 2 aliphatic rings. The van der Waals surface area contributed by atoms with E-state index < -0.39 is 0 Å². The van der Waals surface area contributed by atoms with Crippen LogP contribution in [-0.2, 0) is 4.79 Å². The van der Waals surface area contributed by atoms with Gasteiger partial charge in [0.25, 0.3) is 0 Å². The normalized spacial score (nSPS) is 21.8. The first-order valence-corrected chi connectivity index (χ1v) is 4.21. The lowest BCUT2D eigenvalue weighted by Gasteiger charge is -2.17. The van der Waals surface area contributed by atoms with Gasteiger partial charge in [-0.1, -0.05) is 18.2 Å². The molecule has 1 aliphatic heterocycles. The van der Waals surface area contributed by atoms with E-state index in [0.717, 1.165) is 18.5 Å². The van der Waals surface area contributed by atoms with Crippen LogP contribution in [0.25, 0.3) is 0 Å². The van der Waals surface area contributed by atoms with E-state index in [2.05, 4.69) is 11.4 Å². The summed E-state index contributed by atoms with van der Waals surface area (Å²) in [6, 6.07) is 0. The summed E-state index contributed by atoms with van der Waals surface area (Å²) in [6.45, 7) is 0. The predicted molar refractivity (Wildman–Crippen MR) is 47.3 cm³/mol. The molecule has 1 aliphatic carbocycles. The number of nitrogens with one attached hydrogen (secondary N) is 1. The van der Waals surface area contributed by atoms with Crippen LogP contribution in [0.15, 0.2) is 35.6 Å². The lowest BCUT2D eigenvalue weighted by Crippen LogP contribution is -2.26. The Labute approximate surface area is 71.7 Å². The molecular weight excluding hydrogens is 150 g/mol. The van der Waals surface area contributed by atoms with Gasteiger partial charge in [0.05, 0.1) is 0 Å². The molecule has 0 radical (unpaired) electrons. The molecule has 2 heteroatoms. The Morgan fingerprint density at radius 2 is 2.17 bits per heavy atom. The van der Waals surface area contributed by atoms with Crippen molar-refractivity contribution in [3.8, 4) is 0 Å². The van der Waals surface area contributed by atoms with Crippen LogP contribution < -0.4 is 5.32 Å². The summed E-state index contributed by atoms with van der Waals surface area (Å²) in [5.41, 5.74) is 2.36. The van der Waals surface area contributed by atoms with E-state index in [1.54, 1.807) is 0 Å². The molecule has 0 spiro atoms. The quantitative estimate of drug-likeness (QED) is 0.575. The van der Waals surface area contributed by atoms with Crippen LogP contribution in [0.2, 0.25) is 0 Å². The van der Waals surface area contributed by atoms with Crippen LogP contribution in [0.3, 0.4) is 0 Å². The molecule has 0 saturated carbocycles. The lowest BCUT2D eigenvalue weighted by atomic mass is 10.0. The molecule has 0 bridgehead atoms. The Hall–Kier alpha value is -1.31. The van der Waals surface area contributed by atoms with Crippen molar-refractivity contribution in [1.29, 1.82) is 0 Å². The minimum Gasteiger partial charge on any atom is -0.326 e. The summed E-state index contributed by atoms with van der Waals surface area (Å²) in [4.78, 5) is 11.0. The Kier molecular flexibility index (Phi) is 1.82. The first kappa shape index (κ1) is 7.35. The van der Waals surface area contributed by atoms with Crippen molar-refractivity contribution in [2.45, 2.75) is 19.3 Å². The third kappa shape index (κ3) is 1.33. The van der Waals surface area contributed by atoms with Crippen molar-refractivity contribution in [2.75, 3.05) is 0 Å². The zero-order chi connectivity index (χ0) is 8.39. The van der Waals surface area contributed by atoms with E-state index in [0.29, 0.717) is 6.42 Å². The van der Waals surface area contributed by atoms with Crippen LogP contribution in [0, 0.1) is 0 Å². The van der Waals surface area contributed by atoms with Crippen LogP contribution in [0.5, 0.6) is 0 Å². The first-order valence-electron chi connectivity index (χ1n) is 4.21. The Balaban J connectivity index is 2.29. The third-order valence-corrected chi connectivity index (χ3v) is 2.18. The second kappa shape index (κ2) is 2.97.